The Morgan fingerprint density at radius 1 is 1.39 bits per heavy atom. The molecule has 2 heterocycles. The normalized spacial score (nSPS) is 17.1. The first-order valence-corrected chi connectivity index (χ1v) is 7.21. The van der Waals surface area contributed by atoms with E-state index in [0.717, 1.165) is 5.69 Å². The second-order valence-electron chi connectivity index (χ2n) is 5.31. The van der Waals surface area contributed by atoms with Crippen LogP contribution in [0.3, 0.4) is 0 Å². The molecule has 1 aromatic carbocycles. The number of aromatic nitrogens is 2. The van der Waals surface area contributed by atoms with Crippen LogP contribution in [0.2, 0.25) is 0 Å². The van der Waals surface area contributed by atoms with Gasteiger partial charge in [0.2, 0.25) is 0 Å². The number of fused-ring (bicyclic) bond motifs is 1. The number of hydrogen-bond acceptors (Lipinski definition) is 5. The van der Waals surface area contributed by atoms with Crippen molar-refractivity contribution in [2.45, 2.75) is 26.4 Å². The summed E-state index contributed by atoms with van der Waals surface area (Å²) in [5.74, 6) is -0.389. The van der Waals surface area contributed by atoms with Crippen LogP contribution in [0.5, 0.6) is 0 Å². The van der Waals surface area contributed by atoms with Gasteiger partial charge in [-0.15, -0.1) is 0 Å². The molecule has 0 aliphatic carbocycles. The molecule has 118 valence electrons. The average Bonchev–Trinajstić information content (AvgIpc) is 2.86. The minimum absolute atomic E-state index is 0.0104. The van der Waals surface area contributed by atoms with Crippen molar-refractivity contribution in [3.05, 3.63) is 57.4 Å². The van der Waals surface area contributed by atoms with Gasteiger partial charge in [0, 0.05) is 18.6 Å². The summed E-state index contributed by atoms with van der Waals surface area (Å²) < 4.78 is 6.94. The lowest BCUT2D eigenvalue weighted by molar-refractivity contribution is -0.384. The van der Waals surface area contributed by atoms with Gasteiger partial charge in [0.05, 0.1) is 16.3 Å². The molecule has 0 spiro atoms. The van der Waals surface area contributed by atoms with E-state index in [9.17, 15) is 14.9 Å². The molecule has 0 N–H and O–H groups in total. The number of esters is 1. The second kappa shape index (κ2) is 5.68. The van der Waals surface area contributed by atoms with E-state index in [4.69, 9.17) is 4.74 Å². The zero-order valence-electron chi connectivity index (χ0n) is 12.7. The number of carbonyl (C=O) groups is 1. The van der Waals surface area contributed by atoms with Crippen molar-refractivity contribution >= 4 is 17.7 Å². The quantitative estimate of drug-likeness (QED) is 0.494. The molecule has 1 atom stereocenters. The van der Waals surface area contributed by atoms with Crippen molar-refractivity contribution in [1.82, 2.24) is 9.78 Å². The Hall–Kier alpha value is -2.96. The number of nitro groups is 1. The Morgan fingerprint density at radius 2 is 2.09 bits per heavy atom. The number of hydrogen-bond donors (Lipinski definition) is 0. The van der Waals surface area contributed by atoms with E-state index < -0.39 is 4.92 Å². The molecule has 0 saturated heterocycles. The molecule has 1 aliphatic rings. The number of rotatable bonds is 3. The molecule has 3 rings (SSSR count). The van der Waals surface area contributed by atoms with Gasteiger partial charge < -0.3 is 4.74 Å². The SMILES string of the molecule is C/C=C/c1nn(-c2ccc([N+](=O)[O-])cc2)c2c1C(=O)OC(C)C2. The Labute approximate surface area is 132 Å². The van der Waals surface area contributed by atoms with Gasteiger partial charge in [0.15, 0.2) is 0 Å². The van der Waals surface area contributed by atoms with E-state index in [1.165, 1.54) is 12.1 Å². The molecule has 1 aromatic heterocycles. The number of non-ortho nitro benzene ring substituents is 1. The second-order valence-corrected chi connectivity index (χ2v) is 5.31. The number of nitro benzene ring substituents is 1. The maximum Gasteiger partial charge on any atom is 0.342 e. The van der Waals surface area contributed by atoms with E-state index >= 15 is 0 Å². The van der Waals surface area contributed by atoms with E-state index in [0.29, 0.717) is 23.4 Å². The van der Waals surface area contributed by atoms with Crippen molar-refractivity contribution in [3.63, 3.8) is 0 Å². The molecule has 1 unspecified atom stereocenters. The summed E-state index contributed by atoms with van der Waals surface area (Å²) in [5, 5.41) is 15.2. The maximum atomic E-state index is 12.2. The zero-order valence-corrected chi connectivity index (χ0v) is 12.7. The molecule has 1 aliphatic heterocycles. The smallest absolute Gasteiger partial charge is 0.342 e. The van der Waals surface area contributed by atoms with Gasteiger partial charge in [-0.3, -0.25) is 10.1 Å². The van der Waals surface area contributed by atoms with Crippen LogP contribution in [0, 0.1) is 10.1 Å². The number of nitrogens with zero attached hydrogens (tertiary/aromatic N) is 3. The number of benzene rings is 1. The Bertz CT molecular complexity index is 805. The van der Waals surface area contributed by atoms with Crippen molar-refractivity contribution in [1.29, 1.82) is 0 Å². The van der Waals surface area contributed by atoms with Gasteiger partial charge in [-0.05, 0) is 32.1 Å². The zero-order chi connectivity index (χ0) is 16.6. The van der Waals surface area contributed by atoms with Crippen LogP contribution in [-0.4, -0.2) is 26.8 Å². The lowest BCUT2D eigenvalue weighted by atomic mass is 10.0. The van der Waals surface area contributed by atoms with E-state index in [1.807, 2.05) is 13.8 Å². The predicted molar refractivity (Wildman–Crippen MR) is 83.5 cm³/mol. The highest BCUT2D eigenvalue weighted by Gasteiger charge is 2.31. The predicted octanol–water partition coefficient (Wildman–Crippen LogP) is 2.92. The number of ether oxygens (including phenoxy) is 1. The number of cyclic esters (lactones) is 1. The van der Waals surface area contributed by atoms with Crippen LogP contribution < -0.4 is 0 Å². The fourth-order valence-corrected chi connectivity index (χ4v) is 2.64. The third-order valence-electron chi connectivity index (χ3n) is 3.63. The van der Waals surface area contributed by atoms with Crippen LogP contribution >= 0.6 is 0 Å². The Morgan fingerprint density at radius 3 is 2.70 bits per heavy atom. The van der Waals surface area contributed by atoms with Crippen LogP contribution in [0.4, 0.5) is 5.69 Å². The third kappa shape index (κ3) is 2.61. The summed E-state index contributed by atoms with van der Waals surface area (Å²) in [5.41, 5.74) is 2.44. The molecule has 23 heavy (non-hydrogen) atoms. The van der Waals surface area contributed by atoms with Crippen LogP contribution in [0.25, 0.3) is 11.8 Å². The van der Waals surface area contributed by atoms with Crippen molar-refractivity contribution in [3.8, 4) is 5.69 Å². The van der Waals surface area contributed by atoms with Crippen molar-refractivity contribution in [2.24, 2.45) is 0 Å². The van der Waals surface area contributed by atoms with Gasteiger partial charge in [-0.2, -0.15) is 5.10 Å². The van der Waals surface area contributed by atoms with Crippen LogP contribution in [0.15, 0.2) is 30.3 Å². The van der Waals surface area contributed by atoms with Gasteiger partial charge in [-0.1, -0.05) is 6.08 Å². The van der Waals surface area contributed by atoms with Crippen LogP contribution in [0.1, 0.15) is 35.6 Å². The average molecular weight is 313 g/mol. The highest BCUT2D eigenvalue weighted by molar-refractivity contribution is 5.95. The Balaban J connectivity index is 2.14. The monoisotopic (exact) mass is 313 g/mol. The van der Waals surface area contributed by atoms with Gasteiger partial charge >= 0.3 is 5.97 Å². The Kier molecular flexibility index (Phi) is 3.69. The molecular weight excluding hydrogens is 298 g/mol. The number of carbonyl (C=O) groups excluding carboxylic acids is 1. The molecule has 0 fully saturated rings. The topological polar surface area (TPSA) is 87.3 Å². The molecule has 0 amide bonds. The minimum atomic E-state index is -0.451. The molecule has 2 aromatic rings. The summed E-state index contributed by atoms with van der Waals surface area (Å²) in [6.07, 6.45) is 3.86. The lowest BCUT2D eigenvalue weighted by Gasteiger charge is -2.20. The summed E-state index contributed by atoms with van der Waals surface area (Å²) in [6, 6.07) is 6.08. The maximum absolute atomic E-state index is 12.2. The molecule has 0 radical (unpaired) electrons. The summed E-state index contributed by atoms with van der Waals surface area (Å²) >= 11 is 0. The van der Waals surface area contributed by atoms with E-state index in [-0.39, 0.29) is 17.8 Å². The first-order valence-electron chi connectivity index (χ1n) is 7.21. The fraction of sp³-hybridized carbons (Fsp3) is 0.250. The first-order chi connectivity index (χ1) is 11.0. The first kappa shape index (κ1) is 15.0. The van der Waals surface area contributed by atoms with Gasteiger partial charge in [-0.25, -0.2) is 9.48 Å². The molecule has 7 heteroatoms. The van der Waals surface area contributed by atoms with E-state index in [1.54, 1.807) is 29.0 Å². The van der Waals surface area contributed by atoms with Crippen LogP contribution in [-0.2, 0) is 11.2 Å². The largest absolute Gasteiger partial charge is 0.459 e. The van der Waals surface area contributed by atoms with Crippen molar-refractivity contribution in [2.75, 3.05) is 0 Å². The molecule has 0 bridgehead atoms. The summed E-state index contributed by atoms with van der Waals surface area (Å²) in [6.45, 7) is 3.66. The highest BCUT2D eigenvalue weighted by Crippen LogP contribution is 2.28. The van der Waals surface area contributed by atoms with E-state index in [2.05, 4.69) is 5.10 Å². The lowest BCUT2D eigenvalue weighted by Crippen LogP contribution is -2.26. The molecule has 7 nitrogen and oxygen atoms in total. The summed E-state index contributed by atoms with van der Waals surface area (Å²) in [4.78, 5) is 22.5. The summed E-state index contributed by atoms with van der Waals surface area (Å²) in [7, 11) is 0. The van der Waals surface area contributed by atoms with Gasteiger partial charge in [0.25, 0.3) is 5.69 Å². The van der Waals surface area contributed by atoms with Gasteiger partial charge in [0.1, 0.15) is 17.4 Å². The standard InChI is InChI=1S/C16H15N3O4/c1-3-4-13-15-14(9-10(2)23-16(15)20)18(17-13)11-5-7-12(8-6-11)19(21)22/h3-8,10H,9H2,1-2H3/b4-3+. The van der Waals surface area contributed by atoms with Crippen molar-refractivity contribution < 1.29 is 14.5 Å². The minimum Gasteiger partial charge on any atom is -0.459 e. The molecule has 0 saturated carbocycles. The third-order valence-corrected chi connectivity index (χ3v) is 3.63. The fourth-order valence-electron chi connectivity index (χ4n) is 2.64. The highest BCUT2D eigenvalue weighted by atomic mass is 16.6. The molecular formula is C16H15N3O4. The number of allylic oxidation sites excluding steroid dienone is 1.